The first-order chi connectivity index (χ1) is 17.6. The van der Waals surface area contributed by atoms with Gasteiger partial charge in [0.25, 0.3) is 0 Å². The van der Waals surface area contributed by atoms with Crippen molar-refractivity contribution in [2.75, 3.05) is 5.32 Å². The number of fused-ring (bicyclic) bond motifs is 2. The number of rotatable bonds is 5. The zero-order valence-corrected chi connectivity index (χ0v) is 19.6. The summed E-state index contributed by atoms with van der Waals surface area (Å²) in [6, 6.07) is 12.8. The van der Waals surface area contributed by atoms with Crippen molar-refractivity contribution < 1.29 is 9.18 Å². The summed E-state index contributed by atoms with van der Waals surface area (Å²) in [4.78, 5) is 30.0. The van der Waals surface area contributed by atoms with Crippen LogP contribution in [0.1, 0.15) is 12.8 Å². The van der Waals surface area contributed by atoms with Crippen LogP contribution in [0, 0.1) is 11.0 Å². The molecule has 0 atom stereocenters. The van der Waals surface area contributed by atoms with Crippen LogP contribution in [-0.4, -0.2) is 36.0 Å². The topological polar surface area (TPSA) is 112 Å². The van der Waals surface area contributed by atoms with Crippen LogP contribution in [0.15, 0.2) is 61.1 Å². The zero-order valence-electron chi connectivity index (χ0n) is 18.7. The number of imidazole rings is 1. The first kappa shape index (κ1) is 20.9. The highest BCUT2D eigenvalue weighted by Crippen LogP contribution is 2.35. The van der Waals surface area contributed by atoms with Gasteiger partial charge in [0.2, 0.25) is 5.91 Å². The fourth-order valence-corrected chi connectivity index (χ4v) is 5.05. The molecule has 0 spiro atoms. The Balaban J connectivity index is 1.28. The molecule has 1 amide bonds. The van der Waals surface area contributed by atoms with E-state index in [1.807, 2.05) is 30.3 Å². The van der Waals surface area contributed by atoms with Crippen molar-refractivity contribution in [3.8, 4) is 33.2 Å². The molecule has 0 radical (unpaired) electrons. The quantitative estimate of drug-likeness (QED) is 0.281. The lowest BCUT2D eigenvalue weighted by Gasteiger charge is -2.06. The van der Waals surface area contributed by atoms with Crippen molar-refractivity contribution in [2.24, 2.45) is 5.92 Å². The average Bonchev–Trinajstić information content (AvgIpc) is 3.30. The van der Waals surface area contributed by atoms with Crippen LogP contribution >= 0.6 is 11.3 Å². The van der Waals surface area contributed by atoms with Gasteiger partial charge >= 0.3 is 0 Å². The first-order valence-corrected chi connectivity index (χ1v) is 12.3. The Hall–Kier alpha value is -4.44. The maximum Gasteiger partial charge on any atom is 0.227 e. The third-order valence-corrected chi connectivity index (χ3v) is 7.18. The highest BCUT2D eigenvalue weighted by Gasteiger charge is 2.29. The van der Waals surface area contributed by atoms with Crippen LogP contribution < -0.4 is 5.32 Å². The second-order valence-electron chi connectivity index (χ2n) is 8.80. The van der Waals surface area contributed by atoms with E-state index in [4.69, 9.17) is 4.98 Å². The Labute approximate surface area is 207 Å². The van der Waals surface area contributed by atoms with E-state index < -0.39 is 0 Å². The molecule has 3 N–H and O–H groups in total. The third kappa shape index (κ3) is 3.62. The van der Waals surface area contributed by atoms with Crippen molar-refractivity contribution in [3.63, 3.8) is 0 Å². The minimum absolute atomic E-state index is 0.0315. The van der Waals surface area contributed by atoms with Crippen LogP contribution in [0.2, 0.25) is 0 Å². The summed E-state index contributed by atoms with van der Waals surface area (Å²) >= 11 is 1.09. The predicted molar refractivity (Wildman–Crippen MR) is 137 cm³/mol. The van der Waals surface area contributed by atoms with Gasteiger partial charge in [-0.25, -0.2) is 4.98 Å². The maximum absolute atomic E-state index is 13.7. The van der Waals surface area contributed by atoms with Crippen LogP contribution in [0.4, 0.5) is 10.1 Å². The van der Waals surface area contributed by atoms with Gasteiger partial charge in [-0.1, -0.05) is 12.1 Å². The Morgan fingerprint density at radius 1 is 1.08 bits per heavy atom. The number of carbonyl (C=O) groups is 1. The highest BCUT2D eigenvalue weighted by atomic mass is 32.1. The van der Waals surface area contributed by atoms with E-state index in [-0.39, 0.29) is 17.0 Å². The van der Waals surface area contributed by atoms with Gasteiger partial charge in [-0.05, 0) is 43.2 Å². The molecule has 1 aromatic carbocycles. The summed E-state index contributed by atoms with van der Waals surface area (Å²) in [6.07, 6.45) is 6.95. The van der Waals surface area contributed by atoms with Crippen molar-refractivity contribution in [2.45, 2.75) is 12.8 Å². The zero-order chi connectivity index (χ0) is 24.2. The highest BCUT2D eigenvalue weighted by molar-refractivity contribution is 7.14. The van der Waals surface area contributed by atoms with E-state index >= 15 is 0 Å². The number of hydrogen-bond donors (Lipinski definition) is 3. The molecule has 0 unspecified atom stereocenters. The second-order valence-corrected chi connectivity index (χ2v) is 9.84. The van der Waals surface area contributed by atoms with Gasteiger partial charge < -0.3 is 10.3 Å². The number of anilines is 1. The molecule has 10 heteroatoms. The molecule has 1 aliphatic carbocycles. The number of amides is 1. The van der Waals surface area contributed by atoms with E-state index in [1.165, 1.54) is 6.07 Å². The smallest absolute Gasteiger partial charge is 0.227 e. The number of carbonyl (C=O) groups excluding carboxylic acids is 1. The minimum atomic E-state index is -0.234. The molecular weight excluding hydrogens is 477 g/mol. The van der Waals surface area contributed by atoms with Crippen LogP contribution in [0.3, 0.4) is 0 Å². The van der Waals surface area contributed by atoms with Gasteiger partial charge in [-0.3, -0.25) is 19.9 Å². The molecule has 8 nitrogen and oxygen atoms in total. The monoisotopic (exact) mass is 495 g/mol. The van der Waals surface area contributed by atoms with Crippen molar-refractivity contribution >= 4 is 44.9 Å². The second kappa shape index (κ2) is 8.06. The molecule has 0 aliphatic heterocycles. The van der Waals surface area contributed by atoms with Crippen LogP contribution in [0.25, 0.3) is 55.2 Å². The maximum atomic E-state index is 13.7. The average molecular weight is 496 g/mol. The van der Waals surface area contributed by atoms with Crippen molar-refractivity contribution in [3.05, 3.63) is 66.2 Å². The Morgan fingerprint density at radius 2 is 2.00 bits per heavy atom. The predicted octanol–water partition coefficient (Wildman–Crippen LogP) is 5.78. The summed E-state index contributed by atoms with van der Waals surface area (Å²) in [5.74, 6) is 0.741. The van der Waals surface area contributed by atoms with Gasteiger partial charge in [-0.2, -0.15) is 9.49 Å². The van der Waals surface area contributed by atoms with Gasteiger partial charge in [0.05, 0.1) is 40.3 Å². The molecule has 36 heavy (non-hydrogen) atoms. The van der Waals surface area contributed by atoms with Gasteiger partial charge in [-0.15, -0.1) is 11.3 Å². The van der Waals surface area contributed by atoms with E-state index in [2.05, 4.69) is 30.5 Å². The largest absolute Gasteiger partial charge is 0.337 e. The number of benzene rings is 1. The van der Waals surface area contributed by atoms with E-state index in [9.17, 15) is 9.18 Å². The Bertz CT molecular complexity index is 1780. The molecule has 1 saturated carbocycles. The number of H-pyrrole nitrogens is 2. The summed E-state index contributed by atoms with van der Waals surface area (Å²) in [7, 11) is 0. The number of aromatic amines is 2. The van der Waals surface area contributed by atoms with Gasteiger partial charge in [0, 0.05) is 33.5 Å². The standard InChI is InChI=1S/C26H18FN7OS/c27-22-7-6-21(36-22)16-2-1-3-18-23(16)32-25(31-18)24-17-9-19(29-12-20(17)33-34-24)14-8-15(11-28-10-14)30-26(35)13-4-5-13/h1-3,6-13H,4-5H2,(H,30,35)(H,31,32)(H,33,34). The number of aromatic nitrogens is 6. The van der Waals surface area contributed by atoms with E-state index in [0.29, 0.717) is 22.9 Å². The lowest BCUT2D eigenvalue weighted by atomic mass is 10.1. The molecule has 1 aliphatic rings. The SMILES string of the molecule is O=C(Nc1cncc(-c2cc3c(-c4nc5c(-c6ccc(F)s6)cccc5[nH]4)n[nH]c3cn2)c1)C1CC1. The summed E-state index contributed by atoms with van der Waals surface area (Å²) in [5.41, 5.74) is 6.00. The lowest BCUT2D eigenvalue weighted by molar-refractivity contribution is -0.117. The fraction of sp³-hybridized carbons (Fsp3) is 0.115. The molecule has 1 fully saturated rings. The molecule has 0 bridgehead atoms. The van der Waals surface area contributed by atoms with Gasteiger partial charge in [0.15, 0.2) is 11.0 Å². The number of nitrogens with one attached hydrogen (secondary N) is 3. The number of para-hydroxylation sites is 1. The molecule has 7 rings (SSSR count). The normalized spacial score (nSPS) is 13.5. The molecule has 176 valence electrons. The Kier molecular flexibility index (Phi) is 4.68. The van der Waals surface area contributed by atoms with Crippen LogP contribution in [-0.2, 0) is 4.79 Å². The summed E-state index contributed by atoms with van der Waals surface area (Å²) in [6.45, 7) is 0. The number of thiophene rings is 1. The molecule has 5 aromatic heterocycles. The van der Waals surface area contributed by atoms with Gasteiger partial charge in [0.1, 0.15) is 5.69 Å². The number of hydrogen-bond acceptors (Lipinski definition) is 6. The summed E-state index contributed by atoms with van der Waals surface area (Å²) < 4.78 is 13.7. The Morgan fingerprint density at radius 3 is 2.83 bits per heavy atom. The molecule has 0 saturated heterocycles. The van der Waals surface area contributed by atoms with Crippen molar-refractivity contribution in [1.82, 2.24) is 30.1 Å². The van der Waals surface area contributed by atoms with Crippen LogP contribution in [0.5, 0.6) is 0 Å². The minimum Gasteiger partial charge on any atom is -0.337 e. The molecule has 5 heterocycles. The summed E-state index contributed by atoms with van der Waals surface area (Å²) in [5, 5.41) is 11.1. The van der Waals surface area contributed by atoms with E-state index in [0.717, 1.165) is 62.1 Å². The van der Waals surface area contributed by atoms with E-state index in [1.54, 1.807) is 24.7 Å². The first-order valence-electron chi connectivity index (χ1n) is 11.5. The fourth-order valence-electron chi connectivity index (χ4n) is 4.30. The molecule has 6 aromatic rings. The number of pyridine rings is 2. The lowest BCUT2D eigenvalue weighted by Crippen LogP contribution is -2.13. The number of halogens is 1. The third-order valence-electron chi connectivity index (χ3n) is 6.27. The van der Waals surface area contributed by atoms with Crippen molar-refractivity contribution in [1.29, 1.82) is 0 Å². The number of nitrogens with zero attached hydrogens (tertiary/aromatic N) is 4. The molecular formula is C26H18FN7OS.